The fourth-order valence-corrected chi connectivity index (χ4v) is 2.65. The lowest BCUT2D eigenvalue weighted by atomic mass is 10.2. The summed E-state index contributed by atoms with van der Waals surface area (Å²) in [6, 6.07) is 6.24. The van der Waals surface area contributed by atoms with Gasteiger partial charge >= 0.3 is 0 Å². The summed E-state index contributed by atoms with van der Waals surface area (Å²) in [4.78, 5) is 0. The molecule has 19 heavy (non-hydrogen) atoms. The van der Waals surface area contributed by atoms with Gasteiger partial charge in [-0.15, -0.1) is 12.4 Å². The Hall–Kier alpha value is -0.970. The molecule has 0 saturated carbocycles. The van der Waals surface area contributed by atoms with E-state index in [4.69, 9.17) is 9.47 Å². The molecule has 5 heteroatoms. The van der Waals surface area contributed by atoms with Crippen molar-refractivity contribution in [1.29, 1.82) is 0 Å². The lowest BCUT2D eigenvalue weighted by Crippen LogP contribution is -2.39. The van der Waals surface area contributed by atoms with Crippen molar-refractivity contribution >= 4 is 12.4 Å². The van der Waals surface area contributed by atoms with Crippen LogP contribution in [0.4, 0.5) is 0 Å². The second-order valence-electron chi connectivity index (χ2n) is 4.83. The standard InChI is InChI=1S/C14H20N2O2.ClH/c1-2-15(16-7-3-4-8-16)10-12-5-6-13-14(9-12)18-11-17-13;/h5-6,9H,2-4,7-8,10-11H2,1H3;1H. The number of halogens is 1. The van der Waals surface area contributed by atoms with E-state index in [0.29, 0.717) is 6.79 Å². The van der Waals surface area contributed by atoms with E-state index in [9.17, 15) is 0 Å². The van der Waals surface area contributed by atoms with Crippen molar-refractivity contribution in [2.75, 3.05) is 26.4 Å². The van der Waals surface area contributed by atoms with Gasteiger partial charge in [0.25, 0.3) is 0 Å². The molecule has 1 saturated heterocycles. The van der Waals surface area contributed by atoms with Crippen molar-refractivity contribution in [2.24, 2.45) is 0 Å². The summed E-state index contributed by atoms with van der Waals surface area (Å²) < 4.78 is 10.8. The van der Waals surface area contributed by atoms with Gasteiger partial charge in [-0.05, 0) is 30.5 Å². The molecular weight excluding hydrogens is 264 g/mol. The monoisotopic (exact) mass is 284 g/mol. The van der Waals surface area contributed by atoms with Gasteiger partial charge in [0.05, 0.1) is 0 Å². The number of hydrazine groups is 1. The van der Waals surface area contributed by atoms with Gasteiger partial charge in [-0.2, -0.15) is 0 Å². The molecule has 4 nitrogen and oxygen atoms in total. The van der Waals surface area contributed by atoms with Crippen LogP contribution in [0.15, 0.2) is 18.2 Å². The van der Waals surface area contributed by atoms with Gasteiger partial charge in [0.1, 0.15) is 0 Å². The summed E-state index contributed by atoms with van der Waals surface area (Å²) in [5.74, 6) is 1.74. The highest BCUT2D eigenvalue weighted by atomic mass is 35.5. The zero-order valence-electron chi connectivity index (χ0n) is 11.3. The third kappa shape index (κ3) is 3.14. The molecule has 1 aromatic carbocycles. The smallest absolute Gasteiger partial charge is 0.231 e. The van der Waals surface area contributed by atoms with E-state index in [-0.39, 0.29) is 12.4 Å². The number of nitrogens with zero attached hydrogens (tertiary/aromatic N) is 2. The van der Waals surface area contributed by atoms with Gasteiger partial charge in [-0.1, -0.05) is 13.0 Å². The molecule has 0 amide bonds. The van der Waals surface area contributed by atoms with Crippen LogP contribution < -0.4 is 9.47 Å². The van der Waals surface area contributed by atoms with Crippen molar-refractivity contribution in [2.45, 2.75) is 26.3 Å². The van der Waals surface area contributed by atoms with E-state index in [2.05, 4.69) is 29.1 Å². The highest BCUT2D eigenvalue weighted by Crippen LogP contribution is 2.33. The van der Waals surface area contributed by atoms with Crippen LogP contribution in [0.5, 0.6) is 11.5 Å². The Bertz CT molecular complexity index is 422. The van der Waals surface area contributed by atoms with Crippen molar-refractivity contribution in [3.63, 3.8) is 0 Å². The molecular formula is C14H21ClN2O2. The summed E-state index contributed by atoms with van der Waals surface area (Å²) in [6.07, 6.45) is 2.63. The number of fused-ring (bicyclic) bond motifs is 1. The normalized spacial score (nSPS) is 17.8. The first-order chi connectivity index (χ1) is 8.86. The Kier molecular flexibility index (Phi) is 4.91. The fraction of sp³-hybridized carbons (Fsp3) is 0.571. The van der Waals surface area contributed by atoms with E-state index in [1.54, 1.807) is 0 Å². The predicted molar refractivity (Wildman–Crippen MR) is 76.7 cm³/mol. The molecule has 0 aromatic heterocycles. The molecule has 0 unspecified atom stereocenters. The van der Waals surface area contributed by atoms with Crippen LogP contribution in [0.2, 0.25) is 0 Å². The molecule has 1 aromatic rings. The van der Waals surface area contributed by atoms with Gasteiger partial charge < -0.3 is 9.47 Å². The second-order valence-corrected chi connectivity index (χ2v) is 4.83. The minimum absolute atomic E-state index is 0. The minimum Gasteiger partial charge on any atom is -0.454 e. The molecule has 0 spiro atoms. The maximum Gasteiger partial charge on any atom is 0.231 e. The van der Waals surface area contributed by atoms with E-state index < -0.39 is 0 Å². The van der Waals surface area contributed by atoms with E-state index in [1.165, 1.54) is 31.5 Å². The summed E-state index contributed by atoms with van der Waals surface area (Å²) in [7, 11) is 0. The van der Waals surface area contributed by atoms with Gasteiger partial charge in [-0.25, -0.2) is 10.0 Å². The van der Waals surface area contributed by atoms with E-state index >= 15 is 0 Å². The van der Waals surface area contributed by atoms with Crippen LogP contribution in [0.25, 0.3) is 0 Å². The Morgan fingerprint density at radius 2 is 1.89 bits per heavy atom. The van der Waals surface area contributed by atoms with E-state index in [0.717, 1.165) is 24.6 Å². The lowest BCUT2D eigenvalue weighted by molar-refractivity contribution is -0.00647. The predicted octanol–water partition coefficient (Wildman–Crippen LogP) is 2.67. The summed E-state index contributed by atoms with van der Waals surface area (Å²) in [5.41, 5.74) is 1.29. The Labute approximate surface area is 120 Å². The van der Waals surface area contributed by atoms with E-state index in [1.807, 2.05) is 6.07 Å². The molecule has 2 aliphatic heterocycles. The number of hydrogen-bond acceptors (Lipinski definition) is 4. The number of hydrogen-bond donors (Lipinski definition) is 0. The maximum atomic E-state index is 5.43. The summed E-state index contributed by atoms with van der Waals surface area (Å²) in [5, 5.41) is 4.88. The molecule has 0 N–H and O–H groups in total. The molecule has 0 atom stereocenters. The van der Waals surface area contributed by atoms with Crippen LogP contribution in [-0.4, -0.2) is 36.4 Å². The summed E-state index contributed by atoms with van der Waals surface area (Å²) in [6.45, 7) is 6.95. The molecule has 106 valence electrons. The molecule has 0 radical (unpaired) electrons. The van der Waals surface area contributed by atoms with Crippen LogP contribution in [0.3, 0.4) is 0 Å². The van der Waals surface area contributed by atoms with Gasteiger partial charge in [-0.3, -0.25) is 0 Å². The molecule has 0 aliphatic carbocycles. The zero-order chi connectivity index (χ0) is 12.4. The first-order valence-corrected chi connectivity index (χ1v) is 6.75. The van der Waals surface area contributed by atoms with Crippen LogP contribution in [0.1, 0.15) is 25.3 Å². The van der Waals surface area contributed by atoms with Crippen LogP contribution in [-0.2, 0) is 6.54 Å². The summed E-state index contributed by atoms with van der Waals surface area (Å²) >= 11 is 0. The quantitative estimate of drug-likeness (QED) is 0.849. The van der Waals surface area contributed by atoms with Crippen molar-refractivity contribution < 1.29 is 9.47 Å². The minimum atomic E-state index is 0. The third-order valence-corrected chi connectivity index (χ3v) is 3.65. The highest BCUT2D eigenvalue weighted by Gasteiger charge is 2.19. The lowest BCUT2D eigenvalue weighted by Gasteiger charge is -2.30. The topological polar surface area (TPSA) is 24.9 Å². The Morgan fingerprint density at radius 3 is 2.63 bits per heavy atom. The SMILES string of the molecule is CCN(Cc1ccc2c(c1)OCO2)N1CCCC1.Cl. The highest BCUT2D eigenvalue weighted by molar-refractivity contribution is 5.85. The zero-order valence-corrected chi connectivity index (χ0v) is 12.1. The number of benzene rings is 1. The number of rotatable bonds is 4. The first kappa shape index (κ1) is 14.4. The van der Waals surface area contributed by atoms with Crippen molar-refractivity contribution in [3.05, 3.63) is 23.8 Å². The third-order valence-electron chi connectivity index (χ3n) is 3.65. The van der Waals surface area contributed by atoms with Gasteiger partial charge in [0.15, 0.2) is 11.5 Å². The molecule has 0 bridgehead atoms. The Balaban J connectivity index is 0.00000133. The molecule has 2 heterocycles. The number of ether oxygens (including phenoxy) is 2. The Morgan fingerprint density at radius 1 is 1.16 bits per heavy atom. The molecule has 2 aliphatic rings. The first-order valence-electron chi connectivity index (χ1n) is 6.75. The maximum absolute atomic E-state index is 5.43. The average molecular weight is 285 g/mol. The second kappa shape index (κ2) is 6.46. The van der Waals surface area contributed by atoms with Crippen LogP contribution >= 0.6 is 12.4 Å². The largest absolute Gasteiger partial charge is 0.454 e. The fourth-order valence-electron chi connectivity index (χ4n) is 2.65. The van der Waals surface area contributed by atoms with Crippen molar-refractivity contribution in [1.82, 2.24) is 10.0 Å². The molecule has 1 fully saturated rings. The van der Waals surface area contributed by atoms with Crippen LogP contribution in [0, 0.1) is 0 Å². The average Bonchev–Trinajstić information content (AvgIpc) is 3.06. The van der Waals surface area contributed by atoms with Gasteiger partial charge in [0, 0.05) is 26.2 Å². The molecule has 3 rings (SSSR count). The van der Waals surface area contributed by atoms with Crippen molar-refractivity contribution in [3.8, 4) is 11.5 Å². The van der Waals surface area contributed by atoms with Gasteiger partial charge in [0.2, 0.25) is 6.79 Å².